The molecule has 0 aliphatic carbocycles. The molecule has 1 aromatic heterocycles. The van der Waals surface area contributed by atoms with Gasteiger partial charge in [0, 0.05) is 0 Å². The monoisotopic (exact) mass is 289 g/mol. The van der Waals surface area contributed by atoms with Gasteiger partial charge >= 0.3 is 0 Å². The second-order valence-corrected chi connectivity index (χ2v) is 5.84. The predicted octanol–water partition coefficient (Wildman–Crippen LogP) is 4.87. The summed E-state index contributed by atoms with van der Waals surface area (Å²) < 4.78 is 5.64. The molecule has 0 spiro atoms. The summed E-state index contributed by atoms with van der Waals surface area (Å²) in [5.41, 5.74) is 1.67. The van der Waals surface area contributed by atoms with E-state index in [-0.39, 0.29) is 6.10 Å². The summed E-state index contributed by atoms with van der Waals surface area (Å²) in [6.45, 7) is 2.24. The molecular formula is C18H27NO2. The first-order valence-corrected chi connectivity index (χ1v) is 8.32. The van der Waals surface area contributed by atoms with Gasteiger partial charge in [0.15, 0.2) is 11.5 Å². The molecule has 21 heavy (non-hydrogen) atoms. The molecule has 3 nitrogen and oxygen atoms in total. The number of rotatable bonds is 10. The zero-order chi connectivity index (χ0) is 14.9. The molecule has 2 aromatic rings. The summed E-state index contributed by atoms with van der Waals surface area (Å²) in [4.78, 5) is 4.40. The van der Waals surface area contributed by atoms with E-state index in [9.17, 15) is 5.11 Å². The van der Waals surface area contributed by atoms with Crippen LogP contribution in [-0.2, 0) is 6.42 Å². The summed E-state index contributed by atoms with van der Waals surface area (Å²) in [5, 5.41) is 10.1. The van der Waals surface area contributed by atoms with Crippen LogP contribution >= 0.6 is 0 Å². The number of fused-ring (bicyclic) bond motifs is 1. The maximum absolute atomic E-state index is 10.1. The van der Waals surface area contributed by atoms with Gasteiger partial charge in [-0.25, -0.2) is 4.98 Å². The summed E-state index contributed by atoms with van der Waals surface area (Å²) in [6.07, 6.45) is 9.93. The van der Waals surface area contributed by atoms with Crippen molar-refractivity contribution in [3.63, 3.8) is 0 Å². The maximum Gasteiger partial charge on any atom is 0.198 e. The molecule has 1 unspecified atom stereocenters. The summed E-state index contributed by atoms with van der Waals surface area (Å²) in [5.74, 6) is 0.645. The van der Waals surface area contributed by atoms with E-state index in [1.54, 1.807) is 0 Å². The Bertz CT molecular complexity index is 488. The molecule has 2 rings (SSSR count). The number of nitrogens with zero attached hydrogens (tertiary/aromatic N) is 1. The van der Waals surface area contributed by atoms with Crippen LogP contribution < -0.4 is 0 Å². The van der Waals surface area contributed by atoms with Crippen LogP contribution in [0.4, 0.5) is 0 Å². The molecule has 1 N–H and O–H groups in total. The molecule has 0 saturated heterocycles. The van der Waals surface area contributed by atoms with Gasteiger partial charge < -0.3 is 9.52 Å². The first-order chi connectivity index (χ1) is 10.3. The molecule has 0 aliphatic heterocycles. The lowest BCUT2D eigenvalue weighted by atomic mass is 10.0. The highest BCUT2D eigenvalue weighted by atomic mass is 16.4. The van der Waals surface area contributed by atoms with Crippen molar-refractivity contribution in [1.29, 1.82) is 0 Å². The number of aromatic nitrogens is 1. The van der Waals surface area contributed by atoms with Crippen molar-refractivity contribution in [2.45, 2.75) is 70.8 Å². The molecule has 0 radical (unpaired) electrons. The van der Waals surface area contributed by atoms with E-state index in [4.69, 9.17) is 4.42 Å². The lowest BCUT2D eigenvalue weighted by Crippen LogP contribution is -2.10. The smallest absolute Gasteiger partial charge is 0.198 e. The molecule has 1 atom stereocenters. The number of aliphatic hydroxyl groups excluding tert-OH is 1. The number of aliphatic hydroxyl groups is 1. The number of benzene rings is 1. The number of para-hydroxylation sites is 2. The summed E-state index contributed by atoms with van der Waals surface area (Å²) in [6, 6.07) is 7.73. The quantitative estimate of drug-likeness (QED) is 0.634. The van der Waals surface area contributed by atoms with Crippen molar-refractivity contribution in [2.75, 3.05) is 0 Å². The number of oxazole rings is 1. The third-order valence-corrected chi connectivity index (χ3v) is 3.89. The Balaban J connectivity index is 1.64. The number of unbranched alkanes of at least 4 members (excludes halogenated alkanes) is 6. The zero-order valence-corrected chi connectivity index (χ0v) is 13.1. The molecule has 0 saturated carbocycles. The van der Waals surface area contributed by atoms with Crippen molar-refractivity contribution >= 4 is 11.1 Å². The van der Waals surface area contributed by atoms with E-state index in [2.05, 4.69) is 11.9 Å². The average molecular weight is 289 g/mol. The third-order valence-electron chi connectivity index (χ3n) is 3.89. The molecule has 0 fully saturated rings. The highest BCUT2D eigenvalue weighted by molar-refractivity contribution is 5.72. The van der Waals surface area contributed by atoms with E-state index in [1.165, 1.54) is 38.5 Å². The lowest BCUT2D eigenvalue weighted by molar-refractivity contribution is 0.153. The van der Waals surface area contributed by atoms with Crippen molar-refractivity contribution in [2.24, 2.45) is 0 Å². The van der Waals surface area contributed by atoms with Gasteiger partial charge in [-0.1, -0.05) is 64.0 Å². The fraction of sp³-hybridized carbons (Fsp3) is 0.611. The van der Waals surface area contributed by atoms with Crippen LogP contribution in [0.2, 0.25) is 0 Å². The minimum absolute atomic E-state index is 0.339. The van der Waals surface area contributed by atoms with Gasteiger partial charge in [-0.3, -0.25) is 0 Å². The first-order valence-electron chi connectivity index (χ1n) is 8.32. The summed E-state index contributed by atoms with van der Waals surface area (Å²) >= 11 is 0. The highest BCUT2D eigenvalue weighted by Crippen LogP contribution is 2.17. The van der Waals surface area contributed by atoms with Crippen molar-refractivity contribution < 1.29 is 9.52 Å². The molecule has 1 heterocycles. The molecule has 0 amide bonds. The van der Waals surface area contributed by atoms with Gasteiger partial charge in [-0.15, -0.1) is 0 Å². The molecule has 116 valence electrons. The molecule has 1 aromatic carbocycles. The van der Waals surface area contributed by atoms with E-state index in [0.29, 0.717) is 12.3 Å². The van der Waals surface area contributed by atoms with E-state index in [0.717, 1.165) is 23.9 Å². The van der Waals surface area contributed by atoms with Crippen molar-refractivity contribution in [3.05, 3.63) is 30.2 Å². The van der Waals surface area contributed by atoms with E-state index in [1.807, 2.05) is 24.3 Å². The number of hydrogen-bond donors (Lipinski definition) is 1. The fourth-order valence-corrected chi connectivity index (χ4v) is 2.65. The predicted molar refractivity (Wildman–Crippen MR) is 86.3 cm³/mol. The second-order valence-electron chi connectivity index (χ2n) is 5.84. The Morgan fingerprint density at radius 3 is 2.52 bits per heavy atom. The van der Waals surface area contributed by atoms with Crippen LogP contribution in [0.3, 0.4) is 0 Å². The summed E-state index contributed by atoms with van der Waals surface area (Å²) in [7, 11) is 0. The van der Waals surface area contributed by atoms with Crippen LogP contribution in [0, 0.1) is 0 Å². The minimum atomic E-state index is -0.339. The Morgan fingerprint density at radius 1 is 1.05 bits per heavy atom. The van der Waals surface area contributed by atoms with Crippen LogP contribution in [-0.4, -0.2) is 16.2 Å². The van der Waals surface area contributed by atoms with Crippen molar-refractivity contribution in [1.82, 2.24) is 4.98 Å². The second kappa shape index (κ2) is 8.83. The topological polar surface area (TPSA) is 46.3 Å². The van der Waals surface area contributed by atoms with Gasteiger partial charge in [-0.05, 0) is 18.6 Å². The highest BCUT2D eigenvalue weighted by Gasteiger charge is 2.11. The normalized spacial score (nSPS) is 12.9. The van der Waals surface area contributed by atoms with Crippen LogP contribution in [0.15, 0.2) is 28.7 Å². The SMILES string of the molecule is CCCCCCCCCC(O)Cc1nc2ccccc2o1. The Kier molecular flexibility index (Phi) is 6.74. The van der Waals surface area contributed by atoms with Crippen LogP contribution in [0.25, 0.3) is 11.1 Å². The van der Waals surface area contributed by atoms with E-state index >= 15 is 0 Å². The molecular weight excluding hydrogens is 262 g/mol. The van der Waals surface area contributed by atoms with Crippen LogP contribution in [0.1, 0.15) is 64.2 Å². The molecule has 0 aliphatic rings. The number of hydrogen-bond acceptors (Lipinski definition) is 3. The standard InChI is InChI=1S/C18H27NO2/c1-2-3-4-5-6-7-8-11-15(20)14-18-19-16-12-9-10-13-17(16)21-18/h9-10,12-13,15,20H,2-8,11,14H2,1H3. The van der Waals surface area contributed by atoms with Gasteiger partial charge in [0.2, 0.25) is 0 Å². The maximum atomic E-state index is 10.1. The van der Waals surface area contributed by atoms with Crippen molar-refractivity contribution in [3.8, 4) is 0 Å². The lowest BCUT2D eigenvalue weighted by Gasteiger charge is -2.07. The Labute approximate surface area is 127 Å². The molecule has 3 heteroatoms. The van der Waals surface area contributed by atoms with Gasteiger partial charge in [-0.2, -0.15) is 0 Å². The minimum Gasteiger partial charge on any atom is -0.441 e. The average Bonchev–Trinajstić information content (AvgIpc) is 2.88. The van der Waals surface area contributed by atoms with Gasteiger partial charge in [0.25, 0.3) is 0 Å². The van der Waals surface area contributed by atoms with Gasteiger partial charge in [0.1, 0.15) is 5.52 Å². The Hall–Kier alpha value is -1.35. The van der Waals surface area contributed by atoms with Crippen LogP contribution in [0.5, 0.6) is 0 Å². The largest absolute Gasteiger partial charge is 0.441 e. The van der Waals surface area contributed by atoms with E-state index < -0.39 is 0 Å². The third kappa shape index (κ3) is 5.50. The first kappa shape index (κ1) is 16.0. The van der Waals surface area contributed by atoms with Gasteiger partial charge in [0.05, 0.1) is 12.5 Å². The molecule has 0 bridgehead atoms. The fourth-order valence-electron chi connectivity index (χ4n) is 2.65. The Morgan fingerprint density at radius 2 is 1.76 bits per heavy atom. The zero-order valence-electron chi connectivity index (χ0n) is 13.1.